The van der Waals surface area contributed by atoms with Crippen molar-refractivity contribution in [3.63, 3.8) is 0 Å². The molecule has 7 heteroatoms. The number of carboxylic acid groups (broad SMARTS) is 1. The van der Waals surface area contributed by atoms with Crippen molar-refractivity contribution in [3.8, 4) is 11.3 Å². The Bertz CT molecular complexity index is 713. The zero-order valence-electron chi connectivity index (χ0n) is 12.8. The van der Waals surface area contributed by atoms with Gasteiger partial charge in [0, 0.05) is 18.7 Å². The molecule has 1 amide bonds. The van der Waals surface area contributed by atoms with Crippen LogP contribution in [0.15, 0.2) is 36.5 Å². The van der Waals surface area contributed by atoms with Gasteiger partial charge in [-0.15, -0.1) is 5.10 Å². The molecule has 0 spiro atoms. The van der Waals surface area contributed by atoms with Crippen molar-refractivity contribution in [3.05, 3.63) is 36.5 Å². The highest BCUT2D eigenvalue weighted by atomic mass is 16.4. The number of likely N-dealkylation sites (tertiary alicyclic amines) is 1. The number of carbonyl (C=O) groups is 2. The molecule has 2 atom stereocenters. The topological polar surface area (TPSA) is 88.3 Å². The van der Waals surface area contributed by atoms with Crippen molar-refractivity contribution in [2.45, 2.75) is 13.5 Å². The Morgan fingerprint density at radius 3 is 2.65 bits per heavy atom. The van der Waals surface area contributed by atoms with E-state index < -0.39 is 11.9 Å². The summed E-state index contributed by atoms with van der Waals surface area (Å²) in [5.41, 5.74) is 1.64. The van der Waals surface area contributed by atoms with Crippen molar-refractivity contribution in [2.24, 2.45) is 11.8 Å². The molecular formula is C16H18N4O3. The van der Waals surface area contributed by atoms with Crippen LogP contribution in [0.1, 0.15) is 6.92 Å². The third-order valence-electron chi connectivity index (χ3n) is 4.19. The Morgan fingerprint density at radius 1 is 1.26 bits per heavy atom. The van der Waals surface area contributed by atoms with Crippen molar-refractivity contribution in [1.29, 1.82) is 0 Å². The van der Waals surface area contributed by atoms with Crippen LogP contribution in [0, 0.1) is 11.8 Å². The number of hydrogen-bond donors (Lipinski definition) is 1. The van der Waals surface area contributed by atoms with Gasteiger partial charge in [-0.2, -0.15) is 0 Å². The van der Waals surface area contributed by atoms with Crippen LogP contribution < -0.4 is 0 Å². The maximum Gasteiger partial charge on any atom is 0.308 e. The fourth-order valence-electron chi connectivity index (χ4n) is 2.85. The number of aromatic nitrogens is 3. The van der Waals surface area contributed by atoms with Crippen LogP contribution in [-0.4, -0.2) is 50.0 Å². The number of amides is 1. The predicted molar refractivity (Wildman–Crippen MR) is 82.3 cm³/mol. The van der Waals surface area contributed by atoms with E-state index in [1.165, 1.54) is 4.68 Å². The van der Waals surface area contributed by atoms with E-state index in [4.69, 9.17) is 5.11 Å². The first kappa shape index (κ1) is 15.2. The van der Waals surface area contributed by atoms with E-state index in [-0.39, 0.29) is 24.9 Å². The van der Waals surface area contributed by atoms with Gasteiger partial charge in [-0.3, -0.25) is 9.59 Å². The average Bonchev–Trinajstić information content (AvgIpc) is 3.15. The van der Waals surface area contributed by atoms with Crippen molar-refractivity contribution < 1.29 is 14.7 Å². The second-order valence-corrected chi connectivity index (χ2v) is 5.89. The van der Waals surface area contributed by atoms with Gasteiger partial charge in [0.15, 0.2) is 0 Å². The third kappa shape index (κ3) is 3.23. The third-order valence-corrected chi connectivity index (χ3v) is 4.19. The molecule has 1 N–H and O–H groups in total. The molecule has 120 valence electrons. The number of nitrogens with zero attached hydrogens (tertiary/aromatic N) is 4. The Hall–Kier alpha value is -2.70. The second-order valence-electron chi connectivity index (χ2n) is 5.89. The van der Waals surface area contributed by atoms with Crippen LogP contribution in [-0.2, 0) is 16.1 Å². The largest absolute Gasteiger partial charge is 0.481 e. The maximum atomic E-state index is 12.3. The van der Waals surface area contributed by atoms with Gasteiger partial charge in [-0.25, -0.2) is 4.68 Å². The van der Waals surface area contributed by atoms with Gasteiger partial charge in [-0.05, 0) is 5.92 Å². The summed E-state index contributed by atoms with van der Waals surface area (Å²) in [7, 11) is 0. The number of benzene rings is 1. The van der Waals surface area contributed by atoms with E-state index in [0.717, 1.165) is 5.56 Å². The highest BCUT2D eigenvalue weighted by molar-refractivity contribution is 5.78. The van der Waals surface area contributed by atoms with Gasteiger partial charge in [0.1, 0.15) is 12.2 Å². The first-order chi connectivity index (χ1) is 11.0. The molecule has 0 saturated carbocycles. The molecule has 0 aliphatic carbocycles. The van der Waals surface area contributed by atoms with Crippen molar-refractivity contribution >= 4 is 11.9 Å². The molecule has 2 heterocycles. The highest BCUT2D eigenvalue weighted by Gasteiger charge is 2.36. The molecule has 23 heavy (non-hydrogen) atoms. The van der Waals surface area contributed by atoms with E-state index in [1.807, 2.05) is 37.3 Å². The quantitative estimate of drug-likeness (QED) is 0.913. The van der Waals surface area contributed by atoms with Crippen LogP contribution in [0.5, 0.6) is 0 Å². The van der Waals surface area contributed by atoms with Crippen molar-refractivity contribution in [2.75, 3.05) is 13.1 Å². The number of carboxylic acids is 1. The molecule has 0 bridgehead atoms. The van der Waals surface area contributed by atoms with Gasteiger partial charge < -0.3 is 10.0 Å². The summed E-state index contributed by atoms with van der Waals surface area (Å²) in [6.45, 7) is 2.65. The number of aliphatic carboxylic acids is 1. The Kier molecular flexibility index (Phi) is 4.10. The Morgan fingerprint density at radius 2 is 2.00 bits per heavy atom. The van der Waals surface area contributed by atoms with Gasteiger partial charge in [0.05, 0.1) is 12.1 Å². The minimum Gasteiger partial charge on any atom is -0.481 e. The van der Waals surface area contributed by atoms with Gasteiger partial charge >= 0.3 is 5.97 Å². The van der Waals surface area contributed by atoms with Gasteiger partial charge in [0.25, 0.3) is 0 Å². The lowest BCUT2D eigenvalue weighted by Gasteiger charge is -2.15. The lowest BCUT2D eigenvalue weighted by molar-refractivity contribution is -0.142. The second kappa shape index (κ2) is 6.20. The molecule has 0 radical (unpaired) electrons. The van der Waals surface area contributed by atoms with Crippen LogP contribution in [0.4, 0.5) is 0 Å². The Balaban J connectivity index is 1.65. The molecule has 1 aromatic carbocycles. The van der Waals surface area contributed by atoms with Crippen LogP contribution in [0.25, 0.3) is 11.3 Å². The van der Waals surface area contributed by atoms with E-state index in [2.05, 4.69) is 10.3 Å². The zero-order chi connectivity index (χ0) is 16.4. The highest BCUT2D eigenvalue weighted by Crippen LogP contribution is 2.23. The summed E-state index contributed by atoms with van der Waals surface area (Å²) in [5.74, 6) is -1.51. The molecule has 1 fully saturated rings. The van der Waals surface area contributed by atoms with Crippen LogP contribution in [0.2, 0.25) is 0 Å². The standard InChI is InChI=1S/C16H18N4O3/c1-11-7-19(8-13(11)16(22)23)15(21)10-20-9-14(17-18-20)12-5-3-2-4-6-12/h2-6,9,11,13H,7-8,10H2,1H3,(H,22,23)/t11-,13-/m1/s1. The number of carbonyl (C=O) groups excluding carboxylic acids is 1. The Labute approximate surface area is 133 Å². The molecule has 1 saturated heterocycles. The summed E-state index contributed by atoms with van der Waals surface area (Å²) in [5, 5.41) is 17.2. The van der Waals surface area contributed by atoms with Crippen LogP contribution >= 0.6 is 0 Å². The van der Waals surface area contributed by atoms with E-state index in [1.54, 1.807) is 11.1 Å². The van der Waals surface area contributed by atoms with E-state index in [0.29, 0.717) is 12.2 Å². The van der Waals surface area contributed by atoms with Gasteiger partial charge in [-0.1, -0.05) is 42.5 Å². The molecule has 0 unspecified atom stereocenters. The summed E-state index contributed by atoms with van der Waals surface area (Å²) < 4.78 is 1.49. The molecule has 2 aromatic rings. The van der Waals surface area contributed by atoms with Crippen LogP contribution in [0.3, 0.4) is 0 Å². The summed E-state index contributed by atoms with van der Waals surface area (Å²) in [6, 6.07) is 9.60. The SMILES string of the molecule is C[C@@H]1CN(C(=O)Cn2cc(-c3ccccc3)nn2)C[C@H]1C(=O)O. The minimum absolute atomic E-state index is 0.0351. The monoisotopic (exact) mass is 314 g/mol. The minimum atomic E-state index is -0.847. The molecule has 1 aliphatic rings. The first-order valence-corrected chi connectivity index (χ1v) is 7.50. The number of rotatable bonds is 4. The average molecular weight is 314 g/mol. The van der Waals surface area contributed by atoms with Crippen molar-refractivity contribution in [1.82, 2.24) is 19.9 Å². The fraction of sp³-hybridized carbons (Fsp3) is 0.375. The number of hydrogen-bond acceptors (Lipinski definition) is 4. The lowest BCUT2D eigenvalue weighted by atomic mass is 9.99. The fourth-order valence-corrected chi connectivity index (χ4v) is 2.85. The van der Waals surface area contributed by atoms with E-state index in [9.17, 15) is 9.59 Å². The smallest absolute Gasteiger partial charge is 0.308 e. The summed E-state index contributed by atoms with van der Waals surface area (Å²) in [4.78, 5) is 25.0. The maximum absolute atomic E-state index is 12.3. The first-order valence-electron chi connectivity index (χ1n) is 7.50. The predicted octanol–water partition coefficient (Wildman–Crippen LogP) is 1.12. The van der Waals surface area contributed by atoms with E-state index >= 15 is 0 Å². The molecule has 3 rings (SSSR count). The van der Waals surface area contributed by atoms with Gasteiger partial charge in [0.2, 0.25) is 5.91 Å². The zero-order valence-corrected chi connectivity index (χ0v) is 12.8. The molecule has 1 aromatic heterocycles. The lowest BCUT2D eigenvalue weighted by Crippen LogP contribution is -2.33. The molecular weight excluding hydrogens is 296 g/mol. The molecule has 1 aliphatic heterocycles. The normalized spacial score (nSPS) is 20.7. The summed E-state index contributed by atoms with van der Waals surface area (Å²) >= 11 is 0. The summed E-state index contributed by atoms with van der Waals surface area (Å²) in [6.07, 6.45) is 1.72. The molecule has 7 nitrogen and oxygen atoms in total.